The predicted molar refractivity (Wildman–Crippen MR) is 70.2 cm³/mol. The number of Topliss-reactive ketones (excluding diaryl/α,β-unsaturated/α-hetero) is 1. The van der Waals surface area contributed by atoms with Gasteiger partial charge in [0.2, 0.25) is 0 Å². The molecule has 0 aromatic heterocycles. The van der Waals surface area contributed by atoms with E-state index in [1.54, 1.807) is 7.11 Å². The van der Waals surface area contributed by atoms with Crippen LogP contribution >= 0.6 is 0 Å². The van der Waals surface area contributed by atoms with Crippen LogP contribution in [0.25, 0.3) is 0 Å². The molecule has 0 aliphatic rings. The summed E-state index contributed by atoms with van der Waals surface area (Å²) in [5.74, 6) is 0.145. The molecule has 0 N–H and O–H groups in total. The Labute approximate surface area is 104 Å². The zero-order chi connectivity index (χ0) is 12.9. The molecular weight excluding hydrogens is 212 g/mol. The molecule has 2 heteroatoms. The van der Waals surface area contributed by atoms with Gasteiger partial charge in [0, 0.05) is 13.5 Å². The second kappa shape index (κ2) is 5.97. The molecule has 0 fully saturated rings. The maximum Gasteiger partial charge on any atom is 0.168 e. The first-order valence-corrected chi connectivity index (χ1v) is 6.22. The Hall–Kier alpha value is -1.15. The van der Waals surface area contributed by atoms with Crippen molar-refractivity contribution in [2.45, 2.75) is 45.6 Å². The second-order valence-electron chi connectivity index (χ2n) is 4.56. The summed E-state index contributed by atoms with van der Waals surface area (Å²) in [5.41, 5.74) is 1.71. The Morgan fingerprint density at radius 3 is 2.12 bits per heavy atom. The number of hydrogen-bond donors (Lipinski definition) is 0. The van der Waals surface area contributed by atoms with Crippen molar-refractivity contribution in [3.63, 3.8) is 0 Å². The van der Waals surface area contributed by atoms with Crippen molar-refractivity contribution in [3.05, 3.63) is 35.4 Å². The normalized spacial score (nSPS) is 14.4. The third-order valence-electron chi connectivity index (χ3n) is 3.51. The minimum absolute atomic E-state index is 0.145. The van der Waals surface area contributed by atoms with Crippen LogP contribution in [-0.2, 0) is 22.4 Å². The highest BCUT2D eigenvalue weighted by Gasteiger charge is 2.30. The summed E-state index contributed by atoms with van der Waals surface area (Å²) < 4.78 is 5.32. The summed E-state index contributed by atoms with van der Waals surface area (Å²) in [6, 6.07) is 8.22. The highest BCUT2D eigenvalue weighted by atomic mass is 16.5. The van der Waals surface area contributed by atoms with Crippen LogP contribution in [0.1, 0.15) is 38.3 Å². The molecule has 0 spiro atoms. The molecular formula is C15H22O2. The average molecular weight is 234 g/mol. The van der Waals surface area contributed by atoms with E-state index in [1.165, 1.54) is 5.56 Å². The van der Waals surface area contributed by atoms with Crippen molar-refractivity contribution >= 4 is 5.78 Å². The molecule has 0 heterocycles. The molecule has 0 radical (unpaired) electrons. The van der Waals surface area contributed by atoms with Gasteiger partial charge in [0.05, 0.1) is 0 Å². The van der Waals surface area contributed by atoms with E-state index in [2.05, 4.69) is 19.1 Å². The number of aryl methyl sites for hydroxylation is 1. The van der Waals surface area contributed by atoms with Crippen molar-refractivity contribution < 1.29 is 9.53 Å². The zero-order valence-electron chi connectivity index (χ0n) is 11.2. The number of ether oxygens (including phenoxy) is 1. The molecule has 1 atom stereocenters. The van der Waals surface area contributed by atoms with Crippen LogP contribution in [0.3, 0.4) is 0 Å². The van der Waals surface area contributed by atoms with Crippen molar-refractivity contribution in [3.8, 4) is 0 Å². The Morgan fingerprint density at radius 1 is 1.18 bits per heavy atom. The molecule has 0 bridgehead atoms. The van der Waals surface area contributed by atoms with Crippen LogP contribution in [0.5, 0.6) is 0 Å². The van der Waals surface area contributed by atoms with Gasteiger partial charge in [0.15, 0.2) is 5.78 Å². The number of ketones is 1. The van der Waals surface area contributed by atoms with E-state index < -0.39 is 5.60 Å². The van der Waals surface area contributed by atoms with Gasteiger partial charge >= 0.3 is 0 Å². The van der Waals surface area contributed by atoms with Crippen LogP contribution in [-0.4, -0.2) is 18.5 Å². The molecule has 0 aliphatic heterocycles. The molecule has 94 valence electrons. The first kappa shape index (κ1) is 13.9. The fourth-order valence-electron chi connectivity index (χ4n) is 1.72. The number of benzene rings is 1. The minimum atomic E-state index is -0.649. The molecule has 1 unspecified atom stereocenters. The van der Waals surface area contributed by atoms with E-state index in [1.807, 2.05) is 26.0 Å². The predicted octanol–water partition coefficient (Wildman–Crippen LogP) is 3.18. The summed E-state index contributed by atoms with van der Waals surface area (Å²) in [5, 5.41) is 0. The van der Waals surface area contributed by atoms with E-state index >= 15 is 0 Å². The van der Waals surface area contributed by atoms with Crippen molar-refractivity contribution in [1.82, 2.24) is 0 Å². The van der Waals surface area contributed by atoms with Crippen LogP contribution < -0.4 is 0 Å². The minimum Gasteiger partial charge on any atom is -0.371 e. The molecule has 17 heavy (non-hydrogen) atoms. The van der Waals surface area contributed by atoms with Gasteiger partial charge in [-0.15, -0.1) is 0 Å². The van der Waals surface area contributed by atoms with Gasteiger partial charge in [-0.3, -0.25) is 4.79 Å². The Balaban J connectivity index is 2.73. The van der Waals surface area contributed by atoms with Gasteiger partial charge in [-0.05, 0) is 30.9 Å². The van der Waals surface area contributed by atoms with Gasteiger partial charge in [-0.1, -0.05) is 38.1 Å². The number of methoxy groups -OCH3 is 1. The molecule has 0 aliphatic carbocycles. The van der Waals surface area contributed by atoms with Crippen LogP contribution in [0.2, 0.25) is 0 Å². The monoisotopic (exact) mass is 234 g/mol. The lowest BCUT2D eigenvalue weighted by Gasteiger charge is -2.24. The van der Waals surface area contributed by atoms with Gasteiger partial charge in [0.1, 0.15) is 5.60 Å². The van der Waals surface area contributed by atoms with Gasteiger partial charge < -0.3 is 4.74 Å². The summed E-state index contributed by atoms with van der Waals surface area (Å²) >= 11 is 0. The first-order valence-electron chi connectivity index (χ1n) is 6.22. The van der Waals surface area contributed by atoms with Crippen LogP contribution in [0, 0.1) is 0 Å². The van der Waals surface area contributed by atoms with Gasteiger partial charge in [0.25, 0.3) is 0 Å². The molecule has 0 saturated carbocycles. The van der Waals surface area contributed by atoms with Crippen LogP contribution in [0.15, 0.2) is 24.3 Å². The Bertz CT molecular complexity index is 361. The topological polar surface area (TPSA) is 26.3 Å². The number of carbonyl (C=O) groups excluding carboxylic acids is 1. The quantitative estimate of drug-likeness (QED) is 0.755. The fourth-order valence-corrected chi connectivity index (χ4v) is 1.72. The van der Waals surface area contributed by atoms with E-state index in [0.717, 1.165) is 12.0 Å². The molecule has 0 saturated heterocycles. The molecule has 1 aromatic rings. The van der Waals surface area contributed by atoms with E-state index in [4.69, 9.17) is 4.74 Å². The lowest BCUT2D eigenvalue weighted by atomic mass is 9.92. The number of rotatable bonds is 6. The number of carbonyl (C=O) groups is 1. The second-order valence-corrected chi connectivity index (χ2v) is 4.56. The maximum atomic E-state index is 12.1. The smallest absolute Gasteiger partial charge is 0.168 e. The summed E-state index contributed by atoms with van der Waals surface area (Å²) in [6.07, 6.45) is 2.18. The highest BCUT2D eigenvalue weighted by Crippen LogP contribution is 2.18. The largest absolute Gasteiger partial charge is 0.371 e. The third kappa shape index (κ3) is 3.40. The standard InChI is InChI=1S/C15H22O2/c1-5-12-7-9-13(10-8-12)11-14(16)15(3,6-2)17-4/h7-10H,5-6,11H2,1-4H3. The van der Waals surface area contributed by atoms with Crippen LogP contribution in [0.4, 0.5) is 0 Å². The lowest BCUT2D eigenvalue weighted by Crippen LogP contribution is -2.37. The number of hydrogen-bond acceptors (Lipinski definition) is 2. The van der Waals surface area contributed by atoms with E-state index in [0.29, 0.717) is 12.8 Å². The van der Waals surface area contributed by atoms with E-state index in [-0.39, 0.29) is 5.78 Å². The Kier molecular flexibility index (Phi) is 4.88. The lowest BCUT2D eigenvalue weighted by molar-refractivity contribution is -0.138. The first-order chi connectivity index (χ1) is 8.05. The zero-order valence-corrected chi connectivity index (χ0v) is 11.2. The summed E-state index contributed by atoms with van der Waals surface area (Å²) in [4.78, 5) is 12.1. The molecule has 0 amide bonds. The molecule has 2 nitrogen and oxygen atoms in total. The SMILES string of the molecule is CCc1ccc(CC(=O)C(C)(CC)OC)cc1. The van der Waals surface area contributed by atoms with Crippen molar-refractivity contribution in [2.24, 2.45) is 0 Å². The van der Waals surface area contributed by atoms with E-state index in [9.17, 15) is 4.79 Å². The molecule has 1 aromatic carbocycles. The van der Waals surface area contributed by atoms with Crippen molar-refractivity contribution in [2.75, 3.05) is 7.11 Å². The molecule has 1 rings (SSSR count). The summed E-state index contributed by atoms with van der Waals surface area (Å²) in [7, 11) is 1.60. The maximum absolute atomic E-state index is 12.1. The fraction of sp³-hybridized carbons (Fsp3) is 0.533. The Morgan fingerprint density at radius 2 is 1.71 bits per heavy atom. The summed E-state index contributed by atoms with van der Waals surface area (Å²) in [6.45, 7) is 5.95. The highest BCUT2D eigenvalue weighted by molar-refractivity contribution is 5.88. The van der Waals surface area contributed by atoms with Gasteiger partial charge in [-0.25, -0.2) is 0 Å². The van der Waals surface area contributed by atoms with Gasteiger partial charge in [-0.2, -0.15) is 0 Å². The third-order valence-corrected chi connectivity index (χ3v) is 3.51. The average Bonchev–Trinajstić information content (AvgIpc) is 2.38. The van der Waals surface area contributed by atoms with Crippen molar-refractivity contribution in [1.29, 1.82) is 0 Å².